The number of aliphatic hydroxyl groups excluding tert-OH is 1. The highest BCUT2D eigenvalue weighted by Crippen LogP contribution is 2.15. The van der Waals surface area contributed by atoms with Gasteiger partial charge in [0.25, 0.3) is 10.1 Å². The van der Waals surface area contributed by atoms with Gasteiger partial charge in [-0.15, -0.1) is 0 Å². The Bertz CT molecular complexity index is 760. The molecule has 7 heteroatoms. The van der Waals surface area contributed by atoms with E-state index in [9.17, 15) is 18.3 Å². The fourth-order valence-corrected chi connectivity index (χ4v) is 4.83. The predicted octanol–water partition coefficient (Wildman–Crippen LogP) is 6.87. The Labute approximate surface area is 213 Å². The Morgan fingerprint density at radius 1 is 0.771 bits per heavy atom. The predicted molar refractivity (Wildman–Crippen MR) is 141 cm³/mol. The van der Waals surface area contributed by atoms with Crippen LogP contribution in [0.1, 0.15) is 115 Å². The molecule has 0 bridgehead atoms. The number of carbonyl (C=O) groups excluding carboxylic acids is 1. The molecule has 0 aliphatic rings. The molecule has 1 unspecified atom stereocenters. The van der Waals surface area contributed by atoms with Crippen molar-refractivity contribution in [2.75, 3.05) is 13.2 Å². The minimum Gasteiger partial charge on any atom is -0.463 e. The Balaban J connectivity index is 1.94. The summed E-state index contributed by atoms with van der Waals surface area (Å²) in [5.74, 6) is -0.375. The molecular weight excluding hydrogens is 464 g/mol. The fraction of sp³-hybridized carbons (Fsp3) is 0.750. The smallest absolute Gasteiger partial charge is 0.305 e. The van der Waals surface area contributed by atoms with Gasteiger partial charge < -0.3 is 9.84 Å². The zero-order valence-corrected chi connectivity index (χ0v) is 22.8. The van der Waals surface area contributed by atoms with Gasteiger partial charge in [0.1, 0.15) is 12.7 Å². The molecule has 6 nitrogen and oxygen atoms in total. The van der Waals surface area contributed by atoms with E-state index in [1.807, 2.05) is 6.92 Å². The third-order valence-corrected chi connectivity index (χ3v) is 7.44. The van der Waals surface area contributed by atoms with Gasteiger partial charge in [0.05, 0.1) is 11.5 Å². The van der Waals surface area contributed by atoms with Crippen molar-refractivity contribution in [3.05, 3.63) is 29.8 Å². The molecular formula is C28H48O6S. The van der Waals surface area contributed by atoms with Crippen LogP contribution in [0.2, 0.25) is 0 Å². The van der Waals surface area contributed by atoms with Gasteiger partial charge in [-0.1, -0.05) is 115 Å². The maximum absolute atomic E-state index is 12.1. The van der Waals surface area contributed by atoms with E-state index in [1.54, 1.807) is 12.1 Å². The molecule has 0 fully saturated rings. The van der Waals surface area contributed by atoms with Crippen molar-refractivity contribution >= 4 is 16.1 Å². The van der Waals surface area contributed by atoms with Gasteiger partial charge in [0, 0.05) is 6.42 Å². The lowest BCUT2D eigenvalue weighted by Gasteiger charge is -2.12. The SMILES string of the molecule is CCCCCCCCCCCCCCCCCC(=O)OCC(O)COS(=O)(=O)c1ccc(C)cc1. The third-order valence-electron chi connectivity index (χ3n) is 6.15. The van der Waals surface area contributed by atoms with E-state index in [4.69, 9.17) is 8.92 Å². The first kappa shape index (κ1) is 31.6. The van der Waals surface area contributed by atoms with Gasteiger partial charge in [-0.2, -0.15) is 8.42 Å². The molecule has 1 atom stereocenters. The third kappa shape index (κ3) is 16.8. The first-order chi connectivity index (χ1) is 16.8. The number of aryl methyl sites for hydroxylation is 1. The Morgan fingerprint density at radius 3 is 1.71 bits per heavy atom. The quantitative estimate of drug-likeness (QED) is 0.104. The molecule has 202 valence electrons. The van der Waals surface area contributed by atoms with Crippen molar-refractivity contribution in [3.8, 4) is 0 Å². The highest BCUT2D eigenvalue weighted by Gasteiger charge is 2.18. The highest BCUT2D eigenvalue weighted by atomic mass is 32.2. The van der Waals surface area contributed by atoms with E-state index < -0.39 is 22.8 Å². The second-order valence-electron chi connectivity index (χ2n) is 9.59. The minimum absolute atomic E-state index is 0.0282. The monoisotopic (exact) mass is 512 g/mol. The topological polar surface area (TPSA) is 89.9 Å². The second kappa shape index (κ2) is 19.7. The summed E-state index contributed by atoms with van der Waals surface area (Å²) >= 11 is 0. The van der Waals surface area contributed by atoms with Gasteiger partial charge in [-0.05, 0) is 25.5 Å². The van der Waals surface area contributed by atoms with Crippen LogP contribution < -0.4 is 0 Å². The summed E-state index contributed by atoms with van der Waals surface area (Å²) in [6, 6.07) is 6.25. The molecule has 0 heterocycles. The summed E-state index contributed by atoms with van der Waals surface area (Å²) < 4.78 is 34.1. The summed E-state index contributed by atoms with van der Waals surface area (Å²) in [5.41, 5.74) is 0.935. The van der Waals surface area contributed by atoms with Gasteiger partial charge in [0.15, 0.2) is 0 Å². The van der Waals surface area contributed by atoms with Crippen LogP contribution in [-0.2, 0) is 23.8 Å². The lowest BCUT2D eigenvalue weighted by atomic mass is 10.0. The zero-order valence-electron chi connectivity index (χ0n) is 22.0. The van der Waals surface area contributed by atoms with E-state index in [2.05, 4.69) is 6.92 Å². The Kier molecular flexibility index (Phi) is 17.8. The van der Waals surface area contributed by atoms with Crippen LogP contribution in [0.3, 0.4) is 0 Å². The van der Waals surface area contributed by atoms with Crippen LogP contribution in [0.15, 0.2) is 29.2 Å². The number of unbranched alkanes of at least 4 members (excludes halogenated alkanes) is 14. The summed E-state index contributed by atoms with van der Waals surface area (Å²) in [4.78, 5) is 11.9. The normalized spacial score (nSPS) is 12.5. The van der Waals surface area contributed by atoms with Crippen LogP contribution in [-0.4, -0.2) is 38.8 Å². The van der Waals surface area contributed by atoms with Gasteiger partial charge in [-0.25, -0.2) is 0 Å². The van der Waals surface area contributed by atoms with Crippen molar-refractivity contribution in [2.45, 2.75) is 128 Å². The number of hydrogen-bond donors (Lipinski definition) is 1. The van der Waals surface area contributed by atoms with Crippen LogP contribution in [0, 0.1) is 6.92 Å². The van der Waals surface area contributed by atoms with Crippen molar-refractivity contribution < 1.29 is 27.2 Å². The van der Waals surface area contributed by atoms with Crippen LogP contribution >= 0.6 is 0 Å². The number of carbonyl (C=O) groups is 1. The molecule has 1 aromatic rings. The molecule has 0 saturated carbocycles. The molecule has 0 aliphatic carbocycles. The summed E-state index contributed by atoms with van der Waals surface area (Å²) in [6.07, 6.45) is 18.1. The molecule has 0 aromatic heterocycles. The number of ether oxygens (including phenoxy) is 1. The molecule has 0 amide bonds. The minimum atomic E-state index is -3.95. The maximum Gasteiger partial charge on any atom is 0.305 e. The fourth-order valence-electron chi connectivity index (χ4n) is 3.89. The average molecular weight is 513 g/mol. The lowest BCUT2D eigenvalue weighted by molar-refractivity contribution is -0.147. The average Bonchev–Trinajstić information content (AvgIpc) is 2.84. The molecule has 1 rings (SSSR count). The van der Waals surface area contributed by atoms with Crippen LogP contribution in [0.4, 0.5) is 0 Å². The van der Waals surface area contributed by atoms with E-state index in [-0.39, 0.29) is 17.5 Å². The van der Waals surface area contributed by atoms with E-state index in [1.165, 1.54) is 89.2 Å². The zero-order chi connectivity index (χ0) is 25.8. The van der Waals surface area contributed by atoms with Crippen molar-refractivity contribution in [2.24, 2.45) is 0 Å². The first-order valence-electron chi connectivity index (χ1n) is 13.6. The second-order valence-corrected chi connectivity index (χ2v) is 11.2. The van der Waals surface area contributed by atoms with Crippen LogP contribution in [0.5, 0.6) is 0 Å². The molecule has 0 radical (unpaired) electrons. The van der Waals surface area contributed by atoms with Crippen molar-refractivity contribution in [3.63, 3.8) is 0 Å². The number of rotatable bonds is 22. The summed E-state index contributed by atoms with van der Waals surface area (Å²) in [6.45, 7) is 3.38. The van der Waals surface area contributed by atoms with Gasteiger partial charge >= 0.3 is 5.97 Å². The molecule has 0 spiro atoms. The Hall–Kier alpha value is -1.44. The van der Waals surface area contributed by atoms with E-state index >= 15 is 0 Å². The van der Waals surface area contributed by atoms with Crippen LogP contribution in [0.25, 0.3) is 0 Å². The van der Waals surface area contributed by atoms with Crippen molar-refractivity contribution in [1.29, 1.82) is 0 Å². The molecule has 1 N–H and O–H groups in total. The number of aliphatic hydroxyl groups is 1. The number of esters is 1. The largest absolute Gasteiger partial charge is 0.463 e. The number of hydrogen-bond acceptors (Lipinski definition) is 6. The Morgan fingerprint density at radius 2 is 1.23 bits per heavy atom. The first-order valence-corrected chi connectivity index (χ1v) is 15.1. The molecule has 0 saturated heterocycles. The maximum atomic E-state index is 12.1. The lowest BCUT2D eigenvalue weighted by Crippen LogP contribution is -2.25. The molecule has 1 aromatic carbocycles. The summed E-state index contributed by atoms with van der Waals surface area (Å²) in [5, 5.41) is 9.89. The standard InChI is InChI=1S/C28H48O6S/c1-3-4-5-6-7-8-9-10-11-12-13-14-15-16-17-18-28(30)33-23-26(29)24-34-35(31,32)27-21-19-25(2)20-22-27/h19-22,26,29H,3-18,23-24H2,1-2H3. The molecule has 0 aliphatic heterocycles. The number of benzene rings is 1. The van der Waals surface area contributed by atoms with Gasteiger partial charge in [-0.3, -0.25) is 8.98 Å². The van der Waals surface area contributed by atoms with E-state index in [0.717, 1.165) is 24.8 Å². The van der Waals surface area contributed by atoms with Gasteiger partial charge in [0.2, 0.25) is 0 Å². The molecule has 35 heavy (non-hydrogen) atoms. The summed E-state index contributed by atoms with van der Waals surface area (Å²) in [7, 11) is -3.95. The van der Waals surface area contributed by atoms with E-state index in [0.29, 0.717) is 6.42 Å². The van der Waals surface area contributed by atoms with Crippen molar-refractivity contribution in [1.82, 2.24) is 0 Å². The highest BCUT2D eigenvalue weighted by molar-refractivity contribution is 7.86.